The summed E-state index contributed by atoms with van der Waals surface area (Å²) < 4.78 is 2.14. The summed E-state index contributed by atoms with van der Waals surface area (Å²) in [5, 5.41) is 3.60. The van der Waals surface area contributed by atoms with Crippen LogP contribution in [0.4, 0.5) is 0 Å². The van der Waals surface area contributed by atoms with Crippen LogP contribution in [0, 0.1) is 0 Å². The zero-order chi connectivity index (χ0) is 11.7. The summed E-state index contributed by atoms with van der Waals surface area (Å²) in [6, 6.07) is 1.52. The van der Waals surface area contributed by atoms with E-state index in [0.717, 1.165) is 12.6 Å². The van der Waals surface area contributed by atoms with Gasteiger partial charge in [0.2, 0.25) is 0 Å². The number of aromatic nitrogens is 2. The first-order valence-corrected chi connectivity index (χ1v) is 6.76. The van der Waals surface area contributed by atoms with Crippen LogP contribution in [0.15, 0.2) is 12.4 Å². The van der Waals surface area contributed by atoms with E-state index in [0.29, 0.717) is 6.04 Å². The molecule has 0 aromatic carbocycles. The molecule has 4 nitrogen and oxygen atoms in total. The average molecular weight is 234 g/mol. The van der Waals surface area contributed by atoms with E-state index in [2.05, 4.69) is 26.8 Å². The smallest absolute Gasteiger partial charge is 0.122 e. The average Bonchev–Trinajstić information content (AvgIpc) is 2.91. The molecule has 3 rings (SSSR count). The molecule has 94 valence electrons. The quantitative estimate of drug-likeness (QED) is 0.829. The van der Waals surface area contributed by atoms with Crippen LogP contribution >= 0.6 is 0 Å². The van der Waals surface area contributed by atoms with Crippen molar-refractivity contribution in [1.29, 1.82) is 0 Å². The third-order valence-corrected chi connectivity index (χ3v) is 3.95. The minimum atomic E-state index is 0.705. The van der Waals surface area contributed by atoms with Crippen LogP contribution < -0.4 is 5.32 Å². The first kappa shape index (κ1) is 11.2. The molecular weight excluding hydrogens is 212 g/mol. The summed E-state index contributed by atoms with van der Waals surface area (Å²) in [6.07, 6.45) is 9.35. The molecule has 1 aromatic heterocycles. The molecule has 1 aliphatic carbocycles. The van der Waals surface area contributed by atoms with E-state index in [4.69, 9.17) is 0 Å². The highest BCUT2D eigenvalue weighted by molar-refractivity contribution is 4.96. The van der Waals surface area contributed by atoms with E-state index in [9.17, 15) is 0 Å². The van der Waals surface area contributed by atoms with Gasteiger partial charge in [-0.2, -0.15) is 0 Å². The Kier molecular flexibility index (Phi) is 3.16. The predicted molar refractivity (Wildman–Crippen MR) is 67.7 cm³/mol. The Labute approximate surface area is 103 Å². The zero-order valence-corrected chi connectivity index (χ0v) is 10.6. The normalized spacial score (nSPS) is 24.7. The lowest BCUT2D eigenvalue weighted by atomic mass is 10.2. The lowest BCUT2D eigenvalue weighted by Gasteiger charge is -2.25. The van der Waals surface area contributed by atoms with Gasteiger partial charge in [-0.25, -0.2) is 4.98 Å². The number of hydrogen-bond donors (Lipinski definition) is 1. The van der Waals surface area contributed by atoms with Gasteiger partial charge in [0.05, 0.1) is 6.54 Å². The molecule has 1 saturated heterocycles. The molecule has 1 saturated carbocycles. The molecule has 0 amide bonds. The Hall–Kier alpha value is -0.870. The first-order chi connectivity index (χ1) is 8.33. The molecule has 17 heavy (non-hydrogen) atoms. The number of imidazole rings is 1. The van der Waals surface area contributed by atoms with Crippen LogP contribution in [0.25, 0.3) is 0 Å². The maximum absolute atomic E-state index is 4.44. The Morgan fingerprint density at radius 3 is 2.94 bits per heavy atom. The van der Waals surface area contributed by atoms with Crippen molar-refractivity contribution in [1.82, 2.24) is 19.8 Å². The Morgan fingerprint density at radius 2 is 2.35 bits per heavy atom. The molecule has 4 heteroatoms. The van der Waals surface area contributed by atoms with Gasteiger partial charge in [0.15, 0.2) is 0 Å². The Balaban J connectivity index is 1.61. The van der Waals surface area contributed by atoms with Gasteiger partial charge < -0.3 is 9.88 Å². The third-order valence-electron chi connectivity index (χ3n) is 3.95. The van der Waals surface area contributed by atoms with Gasteiger partial charge in [0.25, 0.3) is 0 Å². The number of rotatable bonds is 5. The van der Waals surface area contributed by atoms with E-state index in [1.807, 2.05) is 12.4 Å². The fraction of sp³-hybridized carbons (Fsp3) is 0.769. The van der Waals surface area contributed by atoms with Gasteiger partial charge in [-0.1, -0.05) is 0 Å². The largest absolute Gasteiger partial charge is 0.337 e. The predicted octanol–water partition coefficient (Wildman–Crippen LogP) is 1.14. The fourth-order valence-corrected chi connectivity index (χ4v) is 2.71. The molecule has 1 aromatic rings. The van der Waals surface area contributed by atoms with E-state index in [1.165, 1.54) is 44.6 Å². The number of nitrogens with one attached hydrogen (secondary N) is 1. The minimum Gasteiger partial charge on any atom is -0.337 e. The molecule has 0 bridgehead atoms. The summed E-state index contributed by atoms with van der Waals surface area (Å²) in [5.41, 5.74) is 0. The van der Waals surface area contributed by atoms with Gasteiger partial charge >= 0.3 is 0 Å². The van der Waals surface area contributed by atoms with Crippen molar-refractivity contribution in [3.05, 3.63) is 18.2 Å². The SMILES string of the molecule is Cn1ccnc1CN(CC1CCCN1)C1CC1. The lowest BCUT2D eigenvalue weighted by Crippen LogP contribution is -2.38. The highest BCUT2D eigenvalue weighted by Gasteiger charge is 2.31. The van der Waals surface area contributed by atoms with Crippen LogP contribution in [0.2, 0.25) is 0 Å². The highest BCUT2D eigenvalue weighted by Crippen LogP contribution is 2.28. The van der Waals surface area contributed by atoms with Crippen LogP contribution in [-0.2, 0) is 13.6 Å². The van der Waals surface area contributed by atoms with Crippen molar-refractivity contribution in [2.45, 2.75) is 44.3 Å². The van der Waals surface area contributed by atoms with Crippen molar-refractivity contribution in [2.24, 2.45) is 7.05 Å². The van der Waals surface area contributed by atoms with Crippen molar-refractivity contribution in [3.8, 4) is 0 Å². The number of aryl methyl sites for hydroxylation is 1. The molecule has 0 radical (unpaired) electrons. The van der Waals surface area contributed by atoms with Crippen LogP contribution in [0.1, 0.15) is 31.5 Å². The van der Waals surface area contributed by atoms with Crippen LogP contribution in [0.5, 0.6) is 0 Å². The van der Waals surface area contributed by atoms with Gasteiger partial charge in [-0.05, 0) is 32.2 Å². The third kappa shape index (κ3) is 2.69. The van der Waals surface area contributed by atoms with Gasteiger partial charge in [0, 0.05) is 38.1 Å². The molecule has 1 atom stereocenters. The standard InChI is InChI=1S/C13H22N4/c1-16-8-7-15-13(16)10-17(12-4-5-12)9-11-3-2-6-14-11/h7-8,11-12,14H,2-6,9-10H2,1H3. The number of hydrogen-bond acceptors (Lipinski definition) is 3. The molecule has 1 N–H and O–H groups in total. The number of nitrogens with zero attached hydrogens (tertiary/aromatic N) is 3. The molecule has 2 fully saturated rings. The summed E-state index contributed by atoms with van der Waals surface area (Å²) in [6.45, 7) is 3.40. The highest BCUT2D eigenvalue weighted by atomic mass is 15.2. The van der Waals surface area contributed by atoms with E-state index >= 15 is 0 Å². The van der Waals surface area contributed by atoms with E-state index < -0.39 is 0 Å². The maximum atomic E-state index is 4.44. The van der Waals surface area contributed by atoms with Gasteiger partial charge in [0.1, 0.15) is 5.82 Å². The maximum Gasteiger partial charge on any atom is 0.122 e. The van der Waals surface area contributed by atoms with E-state index in [-0.39, 0.29) is 0 Å². The fourth-order valence-electron chi connectivity index (χ4n) is 2.71. The van der Waals surface area contributed by atoms with Crippen molar-refractivity contribution in [2.75, 3.05) is 13.1 Å². The molecule has 0 spiro atoms. The molecule has 2 heterocycles. The van der Waals surface area contributed by atoms with Gasteiger partial charge in [-0.3, -0.25) is 4.90 Å². The summed E-state index contributed by atoms with van der Waals surface area (Å²) >= 11 is 0. The second-order valence-corrected chi connectivity index (χ2v) is 5.41. The van der Waals surface area contributed by atoms with Crippen molar-refractivity contribution < 1.29 is 0 Å². The van der Waals surface area contributed by atoms with Crippen LogP contribution in [-0.4, -0.2) is 39.6 Å². The molecular formula is C13H22N4. The topological polar surface area (TPSA) is 33.1 Å². The second-order valence-electron chi connectivity index (χ2n) is 5.41. The van der Waals surface area contributed by atoms with Crippen molar-refractivity contribution >= 4 is 0 Å². The van der Waals surface area contributed by atoms with Crippen LogP contribution in [0.3, 0.4) is 0 Å². The monoisotopic (exact) mass is 234 g/mol. The summed E-state index contributed by atoms with van der Waals surface area (Å²) in [4.78, 5) is 7.06. The molecule has 1 aliphatic heterocycles. The van der Waals surface area contributed by atoms with Gasteiger partial charge in [-0.15, -0.1) is 0 Å². The molecule has 1 unspecified atom stereocenters. The lowest BCUT2D eigenvalue weighted by molar-refractivity contribution is 0.224. The minimum absolute atomic E-state index is 0.705. The summed E-state index contributed by atoms with van der Waals surface area (Å²) in [5.74, 6) is 1.19. The molecule has 2 aliphatic rings. The zero-order valence-electron chi connectivity index (χ0n) is 10.6. The first-order valence-electron chi connectivity index (χ1n) is 6.76. The Morgan fingerprint density at radius 1 is 1.47 bits per heavy atom. The second kappa shape index (κ2) is 4.78. The Bertz CT molecular complexity index is 363. The van der Waals surface area contributed by atoms with Crippen molar-refractivity contribution in [3.63, 3.8) is 0 Å². The van der Waals surface area contributed by atoms with E-state index in [1.54, 1.807) is 0 Å². The summed E-state index contributed by atoms with van der Waals surface area (Å²) in [7, 11) is 2.08.